The van der Waals surface area contributed by atoms with Gasteiger partial charge in [-0.05, 0) is 35.7 Å². The number of nitrogens with one attached hydrogen (secondary N) is 3. The predicted molar refractivity (Wildman–Crippen MR) is 132 cm³/mol. The van der Waals surface area contributed by atoms with Crippen LogP contribution in [0, 0.1) is 0 Å². The number of hydrogen-bond acceptors (Lipinski definition) is 3. The predicted octanol–water partition coefficient (Wildman–Crippen LogP) is 6.64. The zero-order valence-electron chi connectivity index (χ0n) is 19.0. The fraction of sp³-hybridized carbons (Fsp3) is 0.423. The smallest absolute Gasteiger partial charge is 0.308 e. The topological polar surface area (TPSA) is 86.9 Å². The average Bonchev–Trinajstić information content (AvgIpc) is 2.77. The van der Waals surface area contributed by atoms with Crippen molar-refractivity contribution in [3.8, 4) is 0 Å². The number of amides is 2. The number of carbonyl (C=O) groups excluding carboxylic acids is 1. The van der Waals surface area contributed by atoms with Crippen LogP contribution < -0.4 is 16.2 Å². The van der Waals surface area contributed by atoms with Crippen LogP contribution in [0.3, 0.4) is 0 Å². The first-order chi connectivity index (χ1) is 15.6. The van der Waals surface area contributed by atoms with Gasteiger partial charge in [-0.15, -0.1) is 0 Å². The summed E-state index contributed by atoms with van der Waals surface area (Å²) in [6.07, 6.45) is 12.0. The molecule has 1 heterocycles. The number of rotatable bonds is 12. The Kier molecular flexibility index (Phi) is 9.29. The second-order valence-electron chi connectivity index (χ2n) is 8.30. The van der Waals surface area contributed by atoms with E-state index in [1.54, 1.807) is 0 Å². The molecule has 0 atom stereocenters. The molecule has 0 bridgehead atoms. The second kappa shape index (κ2) is 12.6. The summed E-state index contributed by atoms with van der Waals surface area (Å²) in [6, 6.07) is 14.7. The maximum absolute atomic E-state index is 12.4. The molecule has 0 unspecified atom stereocenters. The SMILES string of the molecule is CCCCCCCCCCCc1cc(=O)[nH]c(NC(=O)Nc2ccc3ccccc3c2)n1. The normalized spacial score (nSPS) is 10.9. The highest BCUT2D eigenvalue weighted by atomic mass is 16.2. The van der Waals surface area contributed by atoms with Gasteiger partial charge in [0.05, 0.1) is 0 Å². The number of unbranched alkanes of at least 4 members (excludes halogenated alkanes) is 8. The summed E-state index contributed by atoms with van der Waals surface area (Å²) in [4.78, 5) is 31.4. The molecule has 3 N–H and O–H groups in total. The van der Waals surface area contributed by atoms with Crippen molar-refractivity contribution in [3.63, 3.8) is 0 Å². The van der Waals surface area contributed by atoms with Gasteiger partial charge in [-0.2, -0.15) is 0 Å². The van der Waals surface area contributed by atoms with Crippen LogP contribution in [-0.4, -0.2) is 16.0 Å². The Morgan fingerprint density at radius 2 is 1.53 bits per heavy atom. The van der Waals surface area contributed by atoms with Crippen molar-refractivity contribution >= 4 is 28.4 Å². The molecule has 2 amide bonds. The summed E-state index contributed by atoms with van der Waals surface area (Å²) in [5, 5.41) is 7.58. The van der Waals surface area contributed by atoms with Crippen molar-refractivity contribution in [1.29, 1.82) is 0 Å². The molecule has 0 aliphatic rings. The highest BCUT2D eigenvalue weighted by Crippen LogP contribution is 2.19. The molecule has 0 spiro atoms. The van der Waals surface area contributed by atoms with Crippen LogP contribution in [0.25, 0.3) is 10.8 Å². The van der Waals surface area contributed by atoms with Crippen molar-refractivity contribution in [2.24, 2.45) is 0 Å². The minimum atomic E-state index is -0.441. The third kappa shape index (κ3) is 7.84. The summed E-state index contributed by atoms with van der Waals surface area (Å²) >= 11 is 0. The molecule has 32 heavy (non-hydrogen) atoms. The summed E-state index contributed by atoms with van der Waals surface area (Å²) in [7, 11) is 0. The Labute approximate surface area is 189 Å². The first kappa shape index (κ1) is 23.5. The van der Waals surface area contributed by atoms with Crippen LogP contribution in [0.1, 0.15) is 70.4 Å². The first-order valence-corrected chi connectivity index (χ1v) is 11.8. The number of benzene rings is 2. The van der Waals surface area contributed by atoms with Crippen LogP contribution >= 0.6 is 0 Å². The number of aromatic nitrogens is 2. The number of aryl methyl sites for hydroxylation is 1. The lowest BCUT2D eigenvalue weighted by atomic mass is 10.1. The molecule has 170 valence electrons. The summed E-state index contributed by atoms with van der Waals surface area (Å²) < 4.78 is 0. The van der Waals surface area contributed by atoms with Crippen LogP contribution in [0.2, 0.25) is 0 Å². The maximum Gasteiger partial charge on any atom is 0.326 e. The van der Waals surface area contributed by atoms with Crippen LogP contribution in [0.5, 0.6) is 0 Å². The van der Waals surface area contributed by atoms with Gasteiger partial charge in [0.15, 0.2) is 0 Å². The third-order valence-electron chi connectivity index (χ3n) is 5.57. The molecule has 0 aliphatic carbocycles. The average molecular weight is 435 g/mol. The number of aromatic amines is 1. The van der Waals surface area contributed by atoms with E-state index in [0.29, 0.717) is 11.4 Å². The molecule has 0 saturated heterocycles. The van der Waals surface area contributed by atoms with Crippen molar-refractivity contribution in [2.45, 2.75) is 71.1 Å². The van der Waals surface area contributed by atoms with E-state index >= 15 is 0 Å². The quantitative estimate of drug-likeness (QED) is 0.279. The molecule has 3 rings (SSSR count). The van der Waals surface area contributed by atoms with Crippen molar-refractivity contribution in [1.82, 2.24) is 9.97 Å². The molecule has 3 aromatic rings. The maximum atomic E-state index is 12.4. The molecule has 2 aromatic carbocycles. The summed E-state index contributed by atoms with van der Waals surface area (Å²) in [5.74, 6) is 0.168. The van der Waals surface area contributed by atoms with Gasteiger partial charge < -0.3 is 5.32 Å². The Bertz CT molecular complexity index is 1060. The number of H-pyrrole nitrogens is 1. The van der Waals surface area contributed by atoms with Gasteiger partial charge in [-0.3, -0.25) is 15.1 Å². The number of nitrogens with zero attached hydrogens (tertiary/aromatic N) is 1. The molecule has 6 nitrogen and oxygen atoms in total. The first-order valence-electron chi connectivity index (χ1n) is 11.8. The minimum Gasteiger partial charge on any atom is -0.308 e. The molecule has 0 radical (unpaired) electrons. The van der Waals surface area contributed by atoms with E-state index in [9.17, 15) is 9.59 Å². The monoisotopic (exact) mass is 434 g/mol. The molecular formula is C26H34N4O2. The van der Waals surface area contributed by atoms with Gasteiger partial charge in [0, 0.05) is 17.4 Å². The number of anilines is 2. The van der Waals surface area contributed by atoms with Crippen molar-refractivity contribution in [3.05, 3.63) is 64.6 Å². The molecule has 0 aliphatic heterocycles. The Morgan fingerprint density at radius 3 is 2.28 bits per heavy atom. The number of fused-ring (bicyclic) bond motifs is 1. The standard InChI is InChI=1S/C26H34N4O2/c1-2-3-4-5-6-7-8-9-10-15-22-19-24(31)29-25(27-22)30-26(32)28-23-17-16-20-13-11-12-14-21(20)18-23/h11-14,16-19H,2-10,15H2,1H3,(H3,27,28,29,30,31,32). The zero-order chi connectivity index (χ0) is 22.6. The number of urea groups is 1. The lowest BCUT2D eigenvalue weighted by molar-refractivity contribution is 0.262. The summed E-state index contributed by atoms with van der Waals surface area (Å²) in [6.45, 7) is 2.24. The van der Waals surface area contributed by atoms with E-state index in [0.717, 1.165) is 30.0 Å². The molecule has 1 aromatic heterocycles. The van der Waals surface area contributed by atoms with Crippen LogP contribution in [0.4, 0.5) is 16.4 Å². The van der Waals surface area contributed by atoms with E-state index < -0.39 is 6.03 Å². The van der Waals surface area contributed by atoms with Gasteiger partial charge in [0.1, 0.15) is 0 Å². The Hall–Kier alpha value is -3.15. The van der Waals surface area contributed by atoms with Gasteiger partial charge in [0.25, 0.3) is 5.56 Å². The fourth-order valence-electron chi connectivity index (χ4n) is 3.85. The lowest BCUT2D eigenvalue weighted by Crippen LogP contribution is -2.23. The van der Waals surface area contributed by atoms with E-state index in [-0.39, 0.29) is 11.5 Å². The number of hydrogen-bond donors (Lipinski definition) is 3. The largest absolute Gasteiger partial charge is 0.326 e. The Morgan fingerprint density at radius 1 is 0.844 bits per heavy atom. The number of carbonyl (C=O) groups is 1. The molecule has 0 saturated carbocycles. The van der Waals surface area contributed by atoms with E-state index in [2.05, 4.69) is 27.5 Å². The van der Waals surface area contributed by atoms with E-state index in [1.807, 2.05) is 42.5 Å². The van der Waals surface area contributed by atoms with Gasteiger partial charge in [-0.1, -0.05) is 88.6 Å². The van der Waals surface area contributed by atoms with Crippen molar-refractivity contribution < 1.29 is 4.79 Å². The minimum absolute atomic E-state index is 0.168. The van der Waals surface area contributed by atoms with E-state index in [1.165, 1.54) is 51.0 Å². The Balaban J connectivity index is 1.45. The van der Waals surface area contributed by atoms with E-state index in [4.69, 9.17) is 0 Å². The van der Waals surface area contributed by atoms with Gasteiger partial charge in [0.2, 0.25) is 5.95 Å². The summed E-state index contributed by atoms with van der Waals surface area (Å²) in [5.41, 5.74) is 1.12. The third-order valence-corrected chi connectivity index (χ3v) is 5.57. The van der Waals surface area contributed by atoms with Gasteiger partial charge in [-0.25, -0.2) is 9.78 Å². The zero-order valence-corrected chi connectivity index (χ0v) is 19.0. The highest BCUT2D eigenvalue weighted by Gasteiger charge is 2.07. The second-order valence-corrected chi connectivity index (χ2v) is 8.30. The van der Waals surface area contributed by atoms with Gasteiger partial charge >= 0.3 is 6.03 Å². The highest BCUT2D eigenvalue weighted by molar-refractivity contribution is 6.00. The lowest BCUT2D eigenvalue weighted by Gasteiger charge is -2.09. The fourth-order valence-corrected chi connectivity index (χ4v) is 3.85. The molecular weight excluding hydrogens is 400 g/mol. The van der Waals surface area contributed by atoms with Crippen LogP contribution in [-0.2, 0) is 6.42 Å². The molecule has 6 heteroatoms. The molecule has 0 fully saturated rings. The van der Waals surface area contributed by atoms with Crippen molar-refractivity contribution in [2.75, 3.05) is 10.6 Å². The van der Waals surface area contributed by atoms with Crippen LogP contribution in [0.15, 0.2) is 53.3 Å².